The number of aliphatic hydroxyl groups is 1. The average molecular weight is 386 g/mol. The first-order chi connectivity index (χ1) is 9.06. The van der Waals surface area contributed by atoms with Gasteiger partial charge >= 0.3 is 0 Å². The number of rotatable bonds is 4. The van der Waals surface area contributed by atoms with Gasteiger partial charge in [0.15, 0.2) is 0 Å². The van der Waals surface area contributed by atoms with Crippen molar-refractivity contribution in [2.75, 3.05) is 0 Å². The summed E-state index contributed by atoms with van der Waals surface area (Å²) in [7, 11) is 0. The van der Waals surface area contributed by atoms with Gasteiger partial charge in [-0.15, -0.1) is 0 Å². The zero-order chi connectivity index (χ0) is 13.8. The first-order valence-corrected chi connectivity index (χ1v) is 7.49. The molecular formula is C15H14Br2O2. The molecule has 0 aromatic heterocycles. The molecule has 4 heteroatoms. The summed E-state index contributed by atoms with van der Waals surface area (Å²) in [6, 6.07) is 13.6. The molecule has 2 aromatic carbocycles. The molecule has 0 spiro atoms. The van der Waals surface area contributed by atoms with E-state index in [1.165, 1.54) is 0 Å². The molecule has 0 heterocycles. The molecule has 0 radical (unpaired) electrons. The van der Waals surface area contributed by atoms with Gasteiger partial charge in [0.05, 0.1) is 6.10 Å². The third kappa shape index (κ3) is 4.06. The van der Waals surface area contributed by atoms with Gasteiger partial charge in [0.25, 0.3) is 0 Å². The number of benzene rings is 2. The zero-order valence-corrected chi connectivity index (χ0v) is 13.6. The molecule has 0 bridgehead atoms. The highest BCUT2D eigenvalue weighted by Gasteiger charge is 2.10. The van der Waals surface area contributed by atoms with Crippen LogP contribution in [0.1, 0.15) is 24.2 Å². The van der Waals surface area contributed by atoms with Crippen LogP contribution in [0.25, 0.3) is 0 Å². The minimum Gasteiger partial charge on any atom is -0.489 e. The van der Waals surface area contributed by atoms with Crippen LogP contribution in [0, 0.1) is 0 Å². The normalized spacial score (nSPS) is 12.2. The molecule has 1 atom stereocenters. The van der Waals surface area contributed by atoms with E-state index in [9.17, 15) is 5.11 Å². The molecule has 2 aromatic rings. The van der Waals surface area contributed by atoms with Crippen molar-refractivity contribution in [3.63, 3.8) is 0 Å². The van der Waals surface area contributed by atoms with Crippen LogP contribution in [0.5, 0.6) is 5.75 Å². The lowest BCUT2D eigenvalue weighted by molar-refractivity contribution is 0.190. The fourth-order valence-corrected chi connectivity index (χ4v) is 2.36. The summed E-state index contributed by atoms with van der Waals surface area (Å²) < 4.78 is 7.76. The fraction of sp³-hybridized carbons (Fsp3) is 0.200. The van der Waals surface area contributed by atoms with Crippen molar-refractivity contribution in [1.82, 2.24) is 0 Å². The monoisotopic (exact) mass is 384 g/mol. The Kier molecular flexibility index (Phi) is 5.02. The molecule has 0 amide bonds. The van der Waals surface area contributed by atoms with Crippen molar-refractivity contribution in [1.29, 1.82) is 0 Å². The van der Waals surface area contributed by atoms with Gasteiger partial charge in [-0.3, -0.25) is 0 Å². The molecule has 0 aliphatic carbocycles. The van der Waals surface area contributed by atoms with Crippen LogP contribution >= 0.6 is 31.9 Å². The molecule has 2 rings (SSSR count). The van der Waals surface area contributed by atoms with Crippen molar-refractivity contribution < 1.29 is 9.84 Å². The summed E-state index contributed by atoms with van der Waals surface area (Å²) in [5.74, 6) is 0.709. The summed E-state index contributed by atoms with van der Waals surface area (Å²) >= 11 is 6.80. The van der Waals surface area contributed by atoms with E-state index in [-0.39, 0.29) is 0 Å². The predicted octanol–water partition coefficient (Wildman–Crippen LogP) is 4.84. The maximum Gasteiger partial charge on any atom is 0.125 e. The van der Waals surface area contributed by atoms with Crippen molar-refractivity contribution in [3.05, 3.63) is 62.5 Å². The Balaban J connectivity index is 2.13. The zero-order valence-electron chi connectivity index (χ0n) is 10.4. The standard InChI is InChI=1S/C15H14Br2O2/c1-10(18)14-8-13(17)6-7-15(14)19-9-11-2-4-12(16)5-3-11/h2-8,10,18H,9H2,1H3. The Morgan fingerprint density at radius 2 is 1.68 bits per heavy atom. The summed E-state index contributed by atoms with van der Waals surface area (Å²) in [5.41, 5.74) is 1.87. The van der Waals surface area contributed by atoms with E-state index in [1.54, 1.807) is 6.92 Å². The Morgan fingerprint density at radius 3 is 2.32 bits per heavy atom. The second-order valence-electron chi connectivity index (χ2n) is 4.27. The van der Waals surface area contributed by atoms with Crippen molar-refractivity contribution in [2.45, 2.75) is 19.6 Å². The molecular weight excluding hydrogens is 372 g/mol. The predicted molar refractivity (Wildman–Crippen MR) is 83.2 cm³/mol. The SMILES string of the molecule is CC(O)c1cc(Br)ccc1OCc1ccc(Br)cc1. The quantitative estimate of drug-likeness (QED) is 0.815. The number of hydrogen-bond donors (Lipinski definition) is 1. The largest absolute Gasteiger partial charge is 0.489 e. The first-order valence-electron chi connectivity index (χ1n) is 5.91. The summed E-state index contributed by atoms with van der Waals surface area (Å²) in [5, 5.41) is 9.76. The smallest absolute Gasteiger partial charge is 0.125 e. The lowest BCUT2D eigenvalue weighted by Gasteiger charge is -2.14. The summed E-state index contributed by atoms with van der Waals surface area (Å²) in [6.07, 6.45) is -0.558. The van der Waals surface area contributed by atoms with Crippen LogP contribution in [0.2, 0.25) is 0 Å². The Bertz CT molecular complexity index is 551. The average Bonchev–Trinajstić information content (AvgIpc) is 2.39. The van der Waals surface area contributed by atoms with Crippen molar-refractivity contribution in [3.8, 4) is 5.75 Å². The molecule has 0 aliphatic heterocycles. The van der Waals surface area contributed by atoms with Crippen LogP contribution < -0.4 is 4.74 Å². The third-order valence-electron chi connectivity index (χ3n) is 2.73. The van der Waals surface area contributed by atoms with E-state index in [0.717, 1.165) is 20.1 Å². The minimum absolute atomic E-state index is 0.481. The van der Waals surface area contributed by atoms with E-state index in [0.29, 0.717) is 12.4 Å². The van der Waals surface area contributed by atoms with Gasteiger partial charge in [0.1, 0.15) is 12.4 Å². The number of hydrogen-bond acceptors (Lipinski definition) is 2. The van der Waals surface area contributed by atoms with Crippen LogP contribution in [0.3, 0.4) is 0 Å². The van der Waals surface area contributed by atoms with E-state index < -0.39 is 6.10 Å². The Morgan fingerprint density at radius 1 is 1.05 bits per heavy atom. The lowest BCUT2D eigenvalue weighted by atomic mass is 10.1. The Labute approximate surface area is 129 Å². The molecule has 0 saturated heterocycles. The van der Waals surface area contributed by atoms with Crippen LogP contribution in [0.15, 0.2) is 51.4 Å². The first kappa shape index (κ1) is 14.6. The molecule has 0 saturated carbocycles. The molecule has 0 fully saturated rings. The number of halogens is 2. The van der Waals surface area contributed by atoms with Gasteiger partial charge in [0, 0.05) is 14.5 Å². The van der Waals surface area contributed by atoms with E-state index in [1.807, 2.05) is 42.5 Å². The number of ether oxygens (including phenoxy) is 1. The highest BCUT2D eigenvalue weighted by atomic mass is 79.9. The van der Waals surface area contributed by atoms with Gasteiger partial charge in [0.2, 0.25) is 0 Å². The Hall–Kier alpha value is -0.840. The summed E-state index contributed by atoms with van der Waals surface area (Å²) in [6.45, 7) is 2.21. The highest BCUT2D eigenvalue weighted by molar-refractivity contribution is 9.10. The van der Waals surface area contributed by atoms with Crippen LogP contribution in [-0.2, 0) is 6.61 Å². The van der Waals surface area contributed by atoms with Crippen LogP contribution in [0.4, 0.5) is 0 Å². The maximum atomic E-state index is 9.76. The minimum atomic E-state index is -0.558. The second-order valence-corrected chi connectivity index (χ2v) is 6.10. The topological polar surface area (TPSA) is 29.5 Å². The van der Waals surface area contributed by atoms with E-state index in [2.05, 4.69) is 31.9 Å². The van der Waals surface area contributed by atoms with Gasteiger partial charge < -0.3 is 9.84 Å². The van der Waals surface area contributed by atoms with Crippen molar-refractivity contribution >= 4 is 31.9 Å². The second kappa shape index (κ2) is 6.55. The van der Waals surface area contributed by atoms with Crippen molar-refractivity contribution in [2.24, 2.45) is 0 Å². The highest BCUT2D eigenvalue weighted by Crippen LogP contribution is 2.29. The molecule has 1 N–H and O–H groups in total. The maximum absolute atomic E-state index is 9.76. The number of aliphatic hydroxyl groups excluding tert-OH is 1. The van der Waals surface area contributed by atoms with Gasteiger partial charge in [-0.05, 0) is 42.8 Å². The molecule has 19 heavy (non-hydrogen) atoms. The molecule has 100 valence electrons. The fourth-order valence-electron chi connectivity index (χ4n) is 1.72. The third-order valence-corrected chi connectivity index (χ3v) is 3.75. The molecule has 2 nitrogen and oxygen atoms in total. The van der Waals surface area contributed by atoms with Gasteiger partial charge in [-0.2, -0.15) is 0 Å². The van der Waals surface area contributed by atoms with E-state index in [4.69, 9.17) is 4.74 Å². The van der Waals surface area contributed by atoms with E-state index >= 15 is 0 Å². The van der Waals surface area contributed by atoms with Gasteiger partial charge in [-0.25, -0.2) is 0 Å². The summed E-state index contributed by atoms with van der Waals surface area (Å²) in [4.78, 5) is 0. The lowest BCUT2D eigenvalue weighted by Crippen LogP contribution is -2.01. The molecule has 0 aliphatic rings. The molecule has 1 unspecified atom stereocenters. The van der Waals surface area contributed by atoms with Crippen LogP contribution in [-0.4, -0.2) is 5.11 Å². The van der Waals surface area contributed by atoms with Gasteiger partial charge in [-0.1, -0.05) is 44.0 Å².